The number of benzene rings is 1. The van der Waals surface area contributed by atoms with Crippen molar-refractivity contribution < 1.29 is 22.7 Å². The molecule has 2 unspecified atom stereocenters. The van der Waals surface area contributed by atoms with Crippen LogP contribution in [0, 0.1) is 11.8 Å². The van der Waals surface area contributed by atoms with Gasteiger partial charge < -0.3 is 9.64 Å². The first-order valence-electron chi connectivity index (χ1n) is 8.40. The van der Waals surface area contributed by atoms with Crippen LogP contribution in [-0.4, -0.2) is 29.7 Å². The molecule has 0 N–H and O–H groups in total. The summed E-state index contributed by atoms with van der Waals surface area (Å²) < 4.78 is 45.0. The van der Waals surface area contributed by atoms with E-state index >= 15 is 0 Å². The van der Waals surface area contributed by atoms with Crippen molar-refractivity contribution in [3.63, 3.8) is 0 Å². The Morgan fingerprint density at radius 3 is 2.44 bits per heavy atom. The van der Waals surface area contributed by atoms with Crippen molar-refractivity contribution >= 4 is 11.7 Å². The number of carbonyl (C=O) groups excluding carboxylic acids is 1. The Kier molecular flexibility index (Phi) is 4.33. The highest BCUT2D eigenvalue weighted by Gasteiger charge is 2.41. The van der Waals surface area contributed by atoms with E-state index in [9.17, 15) is 18.0 Å². The van der Waals surface area contributed by atoms with Crippen LogP contribution >= 0.6 is 0 Å². The van der Waals surface area contributed by atoms with Gasteiger partial charge in [0.2, 0.25) is 0 Å². The van der Waals surface area contributed by atoms with Crippen molar-refractivity contribution in [2.45, 2.75) is 39.0 Å². The summed E-state index contributed by atoms with van der Waals surface area (Å²) >= 11 is 0. The second-order valence-electron chi connectivity index (χ2n) is 7.75. The second-order valence-corrected chi connectivity index (χ2v) is 7.75. The monoisotopic (exact) mass is 353 g/mol. The lowest BCUT2D eigenvalue weighted by atomic mass is 9.96. The fourth-order valence-electron chi connectivity index (χ4n) is 3.60. The Morgan fingerprint density at radius 2 is 1.84 bits per heavy atom. The zero-order valence-electron chi connectivity index (χ0n) is 14.6. The minimum Gasteiger partial charge on any atom is -0.444 e. The summed E-state index contributed by atoms with van der Waals surface area (Å²) in [7, 11) is 0. The van der Waals surface area contributed by atoms with E-state index in [4.69, 9.17) is 4.74 Å². The molecule has 3 rings (SSSR count). The van der Waals surface area contributed by atoms with Gasteiger partial charge in [0, 0.05) is 13.1 Å². The normalized spacial score (nSPS) is 23.4. The maximum atomic E-state index is 13.2. The van der Waals surface area contributed by atoms with Crippen LogP contribution in [0.5, 0.6) is 0 Å². The number of fused-ring (bicyclic) bond motifs is 1. The number of nitrogens with zero attached hydrogens (tertiary/aromatic N) is 1. The number of alkyl halides is 3. The molecular weight excluding hydrogens is 331 g/mol. The fraction of sp³-hybridized carbons (Fsp3) is 0.526. The highest BCUT2D eigenvalue weighted by molar-refractivity contribution is 5.73. The summed E-state index contributed by atoms with van der Waals surface area (Å²) in [6.45, 7) is 6.46. The standard InChI is InChI=1S/C19H22F3NO2/c1-18(2,3)25-17(24)23-10-13-8-12(9-14(13)11-23)15-6-4-5-7-16(15)19(20,21)22/h4-8,13-14H,9-11H2,1-3H3. The molecule has 0 saturated carbocycles. The number of allylic oxidation sites excluding steroid dienone is 1. The van der Waals surface area contributed by atoms with Crippen LogP contribution in [0.3, 0.4) is 0 Å². The lowest BCUT2D eigenvalue weighted by Gasteiger charge is -2.24. The minimum atomic E-state index is -4.36. The number of likely N-dealkylation sites (tertiary alicyclic amines) is 1. The highest BCUT2D eigenvalue weighted by atomic mass is 19.4. The van der Waals surface area contributed by atoms with E-state index in [-0.39, 0.29) is 23.5 Å². The Labute approximate surface area is 145 Å². The van der Waals surface area contributed by atoms with Crippen LogP contribution in [0.2, 0.25) is 0 Å². The Hall–Kier alpha value is -1.98. The van der Waals surface area contributed by atoms with E-state index in [1.54, 1.807) is 11.0 Å². The summed E-state index contributed by atoms with van der Waals surface area (Å²) in [5.74, 6) is 0.243. The molecule has 6 heteroatoms. The number of rotatable bonds is 1. The molecule has 1 fully saturated rings. The van der Waals surface area contributed by atoms with Gasteiger partial charge in [-0.15, -0.1) is 0 Å². The molecule has 3 nitrogen and oxygen atoms in total. The topological polar surface area (TPSA) is 29.5 Å². The molecule has 2 aliphatic rings. The van der Waals surface area contributed by atoms with Gasteiger partial charge in [-0.25, -0.2) is 4.79 Å². The molecule has 0 radical (unpaired) electrons. The molecule has 1 heterocycles. The van der Waals surface area contributed by atoms with E-state index in [0.29, 0.717) is 19.5 Å². The van der Waals surface area contributed by atoms with Gasteiger partial charge in [-0.2, -0.15) is 13.2 Å². The molecular formula is C19H22F3NO2. The van der Waals surface area contributed by atoms with E-state index in [2.05, 4.69) is 0 Å². The highest BCUT2D eigenvalue weighted by Crippen LogP contribution is 2.44. The van der Waals surface area contributed by atoms with Crippen LogP contribution in [0.15, 0.2) is 30.3 Å². The molecule has 0 aromatic heterocycles. The van der Waals surface area contributed by atoms with E-state index in [0.717, 1.165) is 11.6 Å². The Bertz CT molecular complexity index is 703. The molecule has 25 heavy (non-hydrogen) atoms. The van der Waals surface area contributed by atoms with Gasteiger partial charge in [0.1, 0.15) is 5.60 Å². The SMILES string of the molecule is CC(C)(C)OC(=O)N1CC2C=C(c3ccccc3C(F)(F)F)CC2C1. The van der Waals surface area contributed by atoms with Gasteiger partial charge in [0.25, 0.3) is 0 Å². The van der Waals surface area contributed by atoms with Crippen molar-refractivity contribution in [2.75, 3.05) is 13.1 Å². The molecule has 2 atom stereocenters. The first-order chi connectivity index (χ1) is 11.5. The summed E-state index contributed by atoms with van der Waals surface area (Å²) in [4.78, 5) is 13.8. The van der Waals surface area contributed by atoms with E-state index in [1.165, 1.54) is 12.1 Å². The van der Waals surface area contributed by atoms with Gasteiger partial charge in [-0.3, -0.25) is 0 Å². The van der Waals surface area contributed by atoms with E-state index < -0.39 is 17.3 Å². The average molecular weight is 353 g/mol. The first-order valence-corrected chi connectivity index (χ1v) is 8.40. The fourth-order valence-corrected chi connectivity index (χ4v) is 3.60. The Morgan fingerprint density at radius 1 is 1.16 bits per heavy atom. The molecule has 1 saturated heterocycles. The lowest BCUT2D eigenvalue weighted by Crippen LogP contribution is -2.35. The molecule has 1 aromatic carbocycles. The van der Waals surface area contributed by atoms with Crippen molar-refractivity contribution in [1.29, 1.82) is 0 Å². The summed E-state index contributed by atoms with van der Waals surface area (Å²) in [6, 6.07) is 5.69. The first kappa shape index (κ1) is 17.8. The van der Waals surface area contributed by atoms with Gasteiger partial charge in [-0.1, -0.05) is 24.3 Å². The summed E-state index contributed by atoms with van der Waals surface area (Å²) in [5.41, 5.74) is -0.160. The molecule has 0 bridgehead atoms. The van der Waals surface area contributed by atoms with Gasteiger partial charge in [-0.05, 0) is 56.2 Å². The Balaban J connectivity index is 1.75. The number of ether oxygens (including phenoxy) is 1. The lowest BCUT2D eigenvalue weighted by molar-refractivity contribution is -0.137. The zero-order chi connectivity index (χ0) is 18.4. The maximum absolute atomic E-state index is 13.2. The van der Waals surface area contributed by atoms with Crippen molar-refractivity contribution in [3.05, 3.63) is 41.5 Å². The smallest absolute Gasteiger partial charge is 0.416 e. The van der Waals surface area contributed by atoms with Crippen molar-refractivity contribution in [3.8, 4) is 0 Å². The number of carbonyl (C=O) groups is 1. The molecule has 1 aromatic rings. The predicted octanol–water partition coefficient (Wildman–Crippen LogP) is 4.98. The van der Waals surface area contributed by atoms with Crippen LogP contribution in [-0.2, 0) is 10.9 Å². The van der Waals surface area contributed by atoms with Crippen molar-refractivity contribution in [2.24, 2.45) is 11.8 Å². The largest absolute Gasteiger partial charge is 0.444 e. The van der Waals surface area contributed by atoms with E-state index in [1.807, 2.05) is 26.8 Å². The van der Waals surface area contributed by atoms with Gasteiger partial charge >= 0.3 is 12.3 Å². The molecule has 1 aliphatic heterocycles. The van der Waals surface area contributed by atoms with Crippen molar-refractivity contribution in [1.82, 2.24) is 4.90 Å². The molecule has 0 spiro atoms. The third kappa shape index (κ3) is 3.83. The average Bonchev–Trinajstić information content (AvgIpc) is 3.03. The summed E-state index contributed by atoms with van der Waals surface area (Å²) in [5, 5.41) is 0. The van der Waals surface area contributed by atoms with Gasteiger partial charge in [0.05, 0.1) is 5.56 Å². The maximum Gasteiger partial charge on any atom is 0.416 e. The number of hydrogen-bond acceptors (Lipinski definition) is 2. The third-order valence-corrected chi connectivity index (χ3v) is 4.62. The van der Waals surface area contributed by atoms with Gasteiger partial charge in [0.15, 0.2) is 0 Å². The quantitative estimate of drug-likeness (QED) is 0.713. The minimum absolute atomic E-state index is 0.0869. The number of amides is 1. The van der Waals surface area contributed by atoms with Crippen LogP contribution in [0.4, 0.5) is 18.0 Å². The summed E-state index contributed by atoms with van der Waals surface area (Å²) in [6.07, 6.45) is -2.26. The zero-order valence-corrected chi connectivity index (χ0v) is 14.6. The predicted molar refractivity (Wildman–Crippen MR) is 88.8 cm³/mol. The van der Waals surface area contributed by atoms with Crippen LogP contribution < -0.4 is 0 Å². The van der Waals surface area contributed by atoms with Crippen LogP contribution in [0.25, 0.3) is 5.57 Å². The third-order valence-electron chi connectivity index (χ3n) is 4.62. The molecule has 136 valence electrons. The second kappa shape index (κ2) is 6.07. The number of hydrogen-bond donors (Lipinski definition) is 0. The molecule has 1 aliphatic carbocycles. The van der Waals surface area contributed by atoms with Crippen LogP contribution in [0.1, 0.15) is 38.3 Å². The molecule has 1 amide bonds. The number of halogens is 3.